The van der Waals surface area contributed by atoms with E-state index < -0.39 is 0 Å². The van der Waals surface area contributed by atoms with Crippen LogP contribution in [0.5, 0.6) is 0 Å². The summed E-state index contributed by atoms with van der Waals surface area (Å²) >= 11 is 0. The van der Waals surface area contributed by atoms with Gasteiger partial charge in [0, 0.05) is 43.8 Å². The molecule has 7 aromatic rings. The van der Waals surface area contributed by atoms with Gasteiger partial charge in [-0.1, -0.05) is 97.1 Å². The predicted octanol–water partition coefficient (Wildman–Crippen LogP) is 6.86. The quantitative estimate of drug-likeness (QED) is 0.191. The molecule has 5 heterocycles. The van der Waals surface area contributed by atoms with Crippen LogP contribution < -0.4 is 0 Å². The van der Waals surface area contributed by atoms with Gasteiger partial charge >= 0.3 is 35.3 Å². The third-order valence-electron chi connectivity index (χ3n) is 7.46. The van der Waals surface area contributed by atoms with Gasteiger partial charge in [-0.25, -0.2) is 29.9 Å². The second-order valence-corrected chi connectivity index (χ2v) is 9.79. The molecule has 42 heavy (non-hydrogen) atoms. The van der Waals surface area contributed by atoms with E-state index in [9.17, 15) is 0 Å². The Hall–Kier alpha value is -4.67. The normalized spacial score (nSPS) is 11.4. The van der Waals surface area contributed by atoms with Crippen LogP contribution in [0.2, 0.25) is 0 Å². The van der Waals surface area contributed by atoms with Gasteiger partial charge in [0.15, 0.2) is 23.3 Å². The van der Waals surface area contributed by atoms with Crippen LogP contribution in [0.15, 0.2) is 97.1 Å². The van der Waals surface area contributed by atoms with Crippen LogP contribution in [0.25, 0.3) is 89.7 Å². The molecule has 0 amide bonds. The van der Waals surface area contributed by atoms with Crippen LogP contribution in [-0.2, 0) is 35.3 Å². The topological polar surface area (TPSA) is 109 Å². The van der Waals surface area contributed by atoms with Gasteiger partial charge in [0.2, 0.25) is 0 Å². The first kappa shape index (κ1) is 26.2. The van der Waals surface area contributed by atoms with Crippen molar-refractivity contribution < 1.29 is 35.3 Å². The number of hydrogen-bond donors (Lipinski definition) is 2. The van der Waals surface area contributed by atoms with Crippen LogP contribution in [0.4, 0.5) is 0 Å². The van der Waals surface area contributed by atoms with Gasteiger partial charge in [-0.2, -0.15) is 0 Å². The molecule has 2 N–H and O–H groups in total. The average molecular weight is 624 g/mol. The third kappa shape index (κ3) is 3.90. The van der Waals surface area contributed by atoms with E-state index in [0.29, 0.717) is 45.9 Å². The number of fused-ring (bicyclic) bond motifs is 20. The summed E-state index contributed by atoms with van der Waals surface area (Å²) in [4.78, 5) is 36.8. The first-order valence-corrected chi connectivity index (χ1v) is 13.0. The Bertz CT molecular complexity index is 2040. The van der Waals surface area contributed by atoms with Crippen LogP contribution in [0.3, 0.4) is 0 Å². The van der Waals surface area contributed by atoms with Crippen molar-refractivity contribution in [1.29, 1.82) is 0 Å². The summed E-state index contributed by atoms with van der Waals surface area (Å²) < 4.78 is 0. The summed E-state index contributed by atoms with van der Waals surface area (Å²) in [5.74, 6) is 2.39. The Morgan fingerprint density at radius 1 is 0.333 bits per heavy atom. The molecule has 10 heteroatoms. The van der Waals surface area contributed by atoms with E-state index in [0.717, 1.165) is 43.8 Å². The van der Waals surface area contributed by atoms with Crippen LogP contribution >= 0.6 is 0 Å². The second-order valence-electron chi connectivity index (χ2n) is 9.79. The maximum absolute atomic E-state index is 5.02. The van der Waals surface area contributed by atoms with Crippen molar-refractivity contribution in [3.63, 3.8) is 0 Å². The number of aromatic nitrogens is 8. The van der Waals surface area contributed by atoms with Gasteiger partial charge in [-0.15, -0.1) is 0 Å². The zero-order valence-electron chi connectivity index (χ0n) is 21.7. The molecule has 2 radical (unpaired) electrons. The van der Waals surface area contributed by atoms with Crippen molar-refractivity contribution in [2.24, 2.45) is 0 Å². The maximum Gasteiger partial charge on any atom is 2.00 e. The van der Waals surface area contributed by atoms with Crippen LogP contribution in [0, 0.1) is 0 Å². The molecule has 2 aliphatic heterocycles. The SMILES string of the molecule is [Co+2].[V+2].c1ccc2c(c1)-c1nc-2nc2[nH]c(nc3nc(nc4[nH]c(n1)c1ccccc41)-c1ccccc1-3)c1ccccc21. The molecule has 0 unspecified atom stereocenters. The summed E-state index contributed by atoms with van der Waals surface area (Å²) in [5.41, 5.74) is 6.45. The molecule has 0 spiro atoms. The average Bonchev–Trinajstić information content (AvgIpc) is 3.73. The Kier molecular flexibility index (Phi) is 6.25. The van der Waals surface area contributed by atoms with Gasteiger partial charge in [0.05, 0.1) is 0 Å². The summed E-state index contributed by atoms with van der Waals surface area (Å²) in [6.45, 7) is 0. The van der Waals surface area contributed by atoms with E-state index in [1.807, 2.05) is 97.1 Å². The zero-order chi connectivity index (χ0) is 26.2. The molecule has 3 aromatic heterocycles. The van der Waals surface area contributed by atoms with Crippen molar-refractivity contribution in [3.8, 4) is 45.6 Å². The fourth-order valence-electron chi connectivity index (χ4n) is 5.59. The standard InChI is InChI=1S/C32H18N8.Co.V/c1-2-10-18-17(9-1)25-33-26(18)38-28-21-13-5-6-14-22(21)30(35-28)40-32-24-16-8-7-15-23(24)31(36-32)39-29-20-12-4-3-11-19(20)27(34-29)37-25;;/h1-16H,(H2,33,34,35,36,37,38,39,40);;/q;2*+2. The van der Waals surface area contributed by atoms with Gasteiger partial charge < -0.3 is 9.97 Å². The molecule has 196 valence electrons. The summed E-state index contributed by atoms with van der Waals surface area (Å²) in [6.07, 6.45) is 0. The van der Waals surface area contributed by atoms with Crippen molar-refractivity contribution in [2.45, 2.75) is 0 Å². The first-order chi connectivity index (χ1) is 19.8. The Morgan fingerprint density at radius 3 is 0.833 bits per heavy atom. The number of benzene rings is 4. The van der Waals surface area contributed by atoms with Crippen LogP contribution in [0.1, 0.15) is 0 Å². The van der Waals surface area contributed by atoms with E-state index in [1.165, 1.54) is 0 Å². The monoisotopic (exact) mass is 624 g/mol. The van der Waals surface area contributed by atoms with Gasteiger partial charge in [0.1, 0.15) is 22.6 Å². The minimum atomic E-state index is 0. The summed E-state index contributed by atoms with van der Waals surface area (Å²) in [5, 5.41) is 3.82. The van der Waals surface area contributed by atoms with E-state index in [4.69, 9.17) is 29.9 Å². The molecular formula is C32H18CoN8V+4. The number of rotatable bonds is 0. The molecule has 0 fully saturated rings. The molecule has 0 aliphatic carbocycles. The van der Waals surface area contributed by atoms with Crippen molar-refractivity contribution in [1.82, 2.24) is 39.9 Å². The molecule has 0 atom stereocenters. The Morgan fingerprint density at radius 2 is 0.571 bits per heavy atom. The number of hydrogen-bond acceptors (Lipinski definition) is 6. The number of nitrogens with one attached hydrogen (secondary N) is 2. The van der Waals surface area contributed by atoms with Crippen molar-refractivity contribution >= 4 is 44.1 Å². The number of H-pyrrole nitrogens is 2. The molecular weight excluding hydrogens is 606 g/mol. The molecule has 9 rings (SSSR count). The zero-order valence-corrected chi connectivity index (χ0v) is 24.1. The second kappa shape index (κ2) is 10.0. The third-order valence-corrected chi connectivity index (χ3v) is 7.46. The summed E-state index contributed by atoms with van der Waals surface area (Å²) in [7, 11) is 0. The smallest absolute Gasteiger partial charge is 0.324 e. The summed E-state index contributed by atoms with van der Waals surface area (Å²) in [6, 6.07) is 32.2. The van der Waals surface area contributed by atoms with Gasteiger partial charge in [-0.05, 0) is 0 Å². The molecule has 0 saturated heterocycles. The fourth-order valence-corrected chi connectivity index (χ4v) is 5.59. The van der Waals surface area contributed by atoms with Gasteiger partial charge in [0.25, 0.3) is 0 Å². The number of nitrogens with zero attached hydrogens (tertiary/aromatic N) is 6. The van der Waals surface area contributed by atoms with Crippen LogP contribution in [-0.4, -0.2) is 39.9 Å². The fraction of sp³-hybridized carbons (Fsp3) is 0. The molecule has 0 saturated carbocycles. The Balaban J connectivity index is 0.00000144. The maximum atomic E-state index is 5.02. The van der Waals surface area contributed by atoms with E-state index in [-0.39, 0.29) is 35.3 Å². The molecule has 4 aromatic carbocycles. The molecule has 8 bridgehead atoms. The van der Waals surface area contributed by atoms with Gasteiger partial charge in [-0.3, -0.25) is 0 Å². The predicted molar refractivity (Wildman–Crippen MR) is 156 cm³/mol. The largest absolute Gasteiger partial charge is 2.00 e. The number of aromatic amines is 2. The first-order valence-electron chi connectivity index (χ1n) is 13.0. The minimum absolute atomic E-state index is 0. The Labute approximate surface area is 260 Å². The van der Waals surface area contributed by atoms with E-state index in [1.54, 1.807) is 0 Å². The van der Waals surface area contributed by atoms with E-state index >= 15 is 0 Å². The van der Waals surface area contributed by atoms with Crippen molar-refractivity contribution in [2.75, 3.05) is 0 Å². The molecule has 8 nitrogen and oxygen atoms in total. The van der Waals surface area contributed by atoms with E-state index in [2.05, 4.69) is 9.97 Å². The molecule has 2 aliphatic rings. The van der Waals surface area contributed by atoms with Crippen molar-refractivity contribution in [3.05, 3.63) is 97.1 Å². The minimum Gasteiger partial charge on any atom is -0.324 e.